The van der Waals surface area contributed by atoms with E-state index in [-0.39, 0.29) is 36.2 Å². The summed E-state index contributed by atoms with van der Waals surface area (Å²) in [5.74, 6) is -1.24. The summed E-state index contributed by atoms with van der Waals surface area (Å²) in [5, 5.41) is 2.45. The molecule has 0 aromatic heterocycles. The predicted octanol–water partition coefficient (Wildman–Crippen LogP) is 2.15. The van der Waals surface area contributed by atoms with Crippen molar-refractivity contribution in [3.8, 4) is 5.75 Å². The second-order valence-electron chi connectivity index (χ2n) is 9.35. The number of nitrogens with zero attached hydrogens (tertiary/aromatic N) is 2. The highest BCUT2D eigenvalue weighted by atomic mass is 16.6. The van der Waals surface area contributed by atoms with Gasteiger partial charge in [-0.1, -0.05) is 0 Å². The third kappa shape index (κ3) is 5.55. The fourth-order valence-corrected chi connectivity index (χ4v) is 4.04. The first-order chi connectivity index (χ1) is 16.1. The Kier molecular flexibility index (Phi) is 7.58. The SMILES string of the molecule is CNC(=O)C(CCC=O)N1C(=O)c2ccc(OC3CCN(C(=O)OC(C)(C)C)CC3)cc2C1=O. The molecule has 1 atom stereocenters. The molecule has 1 N–H and O–H groups in total. The summed E-state index contributed by atoms with van der Waals surface area (Å²) < 4.78 is 11.4. The Morgan fingerprint density at radius 1 is 1.15 bits per heavy atom. The average molecular weight is 474 g/mol. The fourth-order valence-electron chi connectivity index (χ4n) is 4.04. The maximum Gasteiger partial charge on any atom is 0.410 e. The number of likely N-dealkylation sites (N-methyl/N-ethyl adjacent to an activating group) is 1. The molecule has 1 aromatic rings. The van der Waals surface area contributed by atoms with Gasteiger partial charge in [-0.05, 0) is 45.4 Å². The highest BCUT2D eigenvalue weighted by Gasteiger charge is 2.42. The first kappa shape index (κ1) is 25.2. The smallest absolute Gasteiger partial charge is 0.410 e. The van der Waals surface area contributed by atoms with Gasteiger partial charge in [0, 0.05) is 39.4 Å². The van der Waals surface area contributed by atoms with Crippen LogP contribution in [-0.2, 0) is 14.3 Å². The van der Waals surface area contributed by atoms with Crippen LogP contribution in [0, 0.1) is 0 Å². The zero-order valence-corrected chi connectivity index (χ0v) is 20.0. The monoisotopic (exact) mass is 473 g/mol. The minimum atomic E-state index is -1.07. The maximum absolute atomic E-state index is 13.0. The van der Waals surface area contributed by atoms with Crippen molar-refractivity contribution in [2.45, 2.75) is 64.2 Å². The zero-order chi connectivity index (χ0) is 25.0. The first-order valence-electron chi connectivity index (χ1n) is 11.4. The molecule has 10 heteroatoms. The summed E-state index contributed by atoms with van der Waals surface area (Å²) in [7, 11) is 1.41. The number of hydrogen-bond acceptors (Lipinski definition) is 7. The molecular weight excluding hydrogens is 442 g/mol. The number of hydrogen-bond donors (Lipinski definition) is 1. The van der Waals surface area contributed by atoms with Crippen LogP contribution >= 0.6 is 0 Å². The minimum Gasteiger partial charge on any atom is -0.490 e. The number of benzene rings is 1. The highest BCUT2D eigenvalue weighted by Crippen LogP contribution is 2.30. The van der Waals surface area contributed by atoms with Crippen LogP contribution in [0.2, 0.25) is 0 Å². The number of ether oxygens (including phenoxy) is 2. The Morgan fingerprint density at radius 2 is 1.79 bits per heavy atom. The summed E-state index contributed by atoms with van der Waals surface area (Å²) in [5.41, 5.74) is -0.206. The molecule has 0 aliphatic carbocycles. The molecule has 184 valence electrons. The van der Waals surface area contributed by atoms with Gasteiger partial charge in [0.05, 0.1) is 11.1 Å². The number of piperidine rings is 1. The Hall–Kier alpha value is -3.43. The molecule has 1 unspecified atom stereocenters. The molecule has 34 heavy (non-hydrogen) atoms. The van der Waals surface area contributed by atoms with Crippen LogP contribution in [0.15, 0.2) is 18.2 Å². The van der Waals surface area contributed by atoms with Gasteiger partial charge in [0.2, 0.25) is 5.91 Å². The van der Waals surface area contributed by atoms with Gasteiger partial charge in [0.15, 0.2) is 0 Å². The number of fused-ring (bicyclic) bond motifs is 1. The topological polar surface area (TPSA) is 122 Å². The van der Waals surface area contributed by atoms with Gasteiger partial charge in [0.25, 0.3) is 11.8 Å². The largest absolute Gasteiger partial charge is 0.490 e. The van der Waals surface area contributed by atoms with E-state index in [2.05, 4.69) is 5.32 Å². The molecule has 1 aromatic carbocycles. The zero-order valence-electron chi connectivity index (χ0n) is 20.0. The van der Waals surface area contributed by atoms with Crippen LogP contribution in [0.1, 0.15) is 67.2 Å². The van der Waals surface area contributed by atoms with Gasteiger partial charge >= 0.3 is 6.09 Å². The van der Waals surface area contributed by atoms with Crippen molar-refractivity contribution in [1.29, 1.82) is 0 Å². The summed E-state index contributed by atoms with van der Waals surface area (Å²) >= 11 is 0. The normalized spacial score (nSPS) is 17.3. The van der Waals surface area contributed by atoms with Crippen LogP contribution in [0.4, 0.5) is 4.79 Å². The molecule has 0 saturated carbocycles. The van der Waals surface area contributed by atoms with Gasteiger partial charge in [-0.15, -0.1) is 0 Å². The number of nitrogens with one attached hydrogen (secondary N) is 1. The number of carbonyl (C=O) groups is 5. The van der Waals surface area contributed by atoms with Crippen molar-refractivity contribution < 1.29 is 33.4 Å². The molecule has 2 heterocycles. The number of aldehydes is 1. The van der Waals surface area contributed by atoms with E-state index in [0.29, 0.717) is 38.0 Å². The molecule has 2 aliphatic rings. The Bertz CT molecular complexity index is 977. The number of carbonyl (C=O) groups excluding carboxylic acids is 5. The summed E-state index contributed by atoms with van der Waals surface area (Å²) in [6, 6.07) is 3.58. The summed E-state index contributed by atoms with van der Waals surface area (Å²) in [6.07, 6.45) is 1.42. The van der Waals surface area contributed by atoms with Gasteiger partial charge in [0.1, 0.15) is 29.8 Å². The predicted molar refractivity (Wildman–Crippen MR) is 122 cm³/mol. The number of rotatable bonds is 7. The molecule has 0 radical (unpaired) electrons. The Balaban J connectivity index is 1.67. The van der Waals surface area contributed by atoms with E-state index < -0.39 is 29.4 Å². The third-order valence-electron chi connectivity index (χ3n) is 5.70. The van der Waals surface area contributed by atoms with Crippen molar-refractivity contribution >= 4 is 30.1 Å². The quantitative estimate of drug-likeness (QED) is 0.476. The second-order valence-corrected chi connectivity index (χ2v) is 9.35. The third-order valence-corrected chi connectivity index (χ3v) is 5.70. The number of imide groups is 1. The van der Waals surface area contributed by atoms with Crippen LogP contribution < -0.4 is 10.1 Å². The molecule has 10 nitrogen and oxygen atoms in total. The molecule has 1 fully saturated rings. The highest BCUT2D eigenvalue weighted by molar-refractivity contribution is 6.23. The van der Waals surface area contributed by atoms with Crippen LogP contribution in [0.25, 0.3) is 0 Å². The average Bonchev–Trinajstić information content (AvgIpc) is 3.03. The van der Waals surface area contributed by atoms with E-state index in [9.17, 15) is 24.0 Å². The van der Waals surface area contributed by atoms with E-state index >= 15 is 0 Å². The van der Waals surface area contributed by atoms with Gasteiger partial charge in [-0.3, -0.25) is 19.3 Å². The minimum absolute atomic E-state index is 0.0435. The molecule has 2 aliphatic heterocycles. The van der Waals surface area contributed by atoms with Crippen molar-refractivity contribution in [3.05, 3.63) is 29.3 Å². The Morgan fingerprint density at radius 3 is 2.38 bits per heavy atom. The molecule has 0 spiro atoms. The van der Waals surface area contributed by atoms with E-state index in [4.69, 9.17) is 9.47 Å². The molecule has 0 bridgehead atoms. The lowest BCUT2D eigenvalue weighted by Crippen LogP contribution is -2.48. The standard InChI is InChI=1S/C24H31N3O7/c1-24(2,3)34-23(32)26-11-9-15(10-12-26)33-16-7-8-17-18(14-16)22(31)27(21(17)30)19(6-5-13-28)20(29)25-4/h7-8,13-15,19H,5-6,9-12H2,1-4H3,(H,25,29). The first-order valence-corrected chi connectivity index (χ1v) is 11.4. The van der Waals surface area contributed by atoms with Crippen molar-refractivity contribution in [3.63, 3.8) is 0 Å². The van der Waals surface area contributed by atoms with Crippen LogP contribution in [0.3, 0.4) is 0 Å². The number of amides is 4. The summed E-state index contributed by atoms with van der Waals surface area (Å²) in [4.78, 5) is 63.8. The van der Waals surface area contributed by atoms with E-state index in [0.717, 1.165) is 4.90 Å². The molecular formula is C24H31N3O7. The maximum atomic E-state index is 13.0. The molecule has 1 saturated heterocycles. The van der Waals surface area contributed by atoms with Crippen molar-refractivity contribution in [1.82, 2.24) is 15.1 Å². The Labute approximate surface area is 198 Å². The fraction of sp³-hybridized carbons (Fsp3) is 0.542. The summed E-state index contributed by atoms with van der Waals surface area (Å²) in [6.45, 7) is 6.43. The van der Waals surface area contributed by atoms with Gasteiger partial charge in [-0.2, -0.15) is 0 Å². The van der Waals surface area contributed by atoms with E-state index in [1.165, 1.54) is 19.2 Å². The number of likely N-dealkylation sites (tertiary alicyclic amines) is 1. The van der Waals surface area contributed by atoms with Crippen LogP contribution in [-0.4, -0.2) is 77.8 Å². The van der Waals surface area contributed by atoms with E-state index in [1.54, 1.807) is 11.0 Å². The van der Waals surface area contributed by atoms with Gasteiger partial charge in [-0.25, -0.2) is 4.79 Å². The lowest BCUT2D eigenvalue weighted by molar-refractivity contribution is -0.124. The molecule has 3 rings (SSSR count). The van der Waals surface area contributed by atoms with Crippen molar-refractivity contribution in [2.24, 2.45) is 0 Å². The van der Waals surface area contributed by atoms with Crippen LogP contribution in [0.5, 0.6) is 5.75 Å². The van der Waals surface area contributed by atoms with E-state index in [1.807, 2.05) is 20.8 Å². The lowest BCUT2D eigenvalue weighted by Gasteiger charge is -2.33. The second kappa shape index (κ2) is 10.2. The lowest BCUT2D eigenvalue weighted by atomic mass is 10.1. The van der Waals surface area contributed by atoms with Gasteiger partial charge < -0.3 is 24.5 Å². The molecule has 4 amide bonds. The van der Waals surface area contributed by atoms with Crippen molar-refractivity contribution in [2.75, 3.05) is 20.1 Å².